The number of carbonyl (C=O) groups excluding carboxylic acids is 1. The molecule has 0 radical (unpaired) electrons. The Morgan fingerprint density at radius 3 is 2.61 bits per heavy atom. The molecule has 1 saturated carbocycles. The van der Waals surface area contributed by atoms with E-state index in [1.54, 1.807) is 17.1 Å². The molecule has 38 heavy (non-hydrogen) atoms. The third kappa shape index (κ3) is 4.94. The lowest BCUT2D eigenvalue weighted by Gasteiger charge is -2.38. The van der Waals surface area contributed by atoms with Gasteiger partial charge in [0.1, 0.15) is 17.7 Å². The summed E-state index contributed by atoms with van der Waals surface area (Å²) >= 11 is 0. The van der Waals surface area contributed by atoms with Gasteiger partial charge in [-0.15, -0.1) is 0 Å². The fourth-order valence-electron chi connectivity index (χ4n) is 5.12. The lowest BCUT2D eigenvalue weighted by molar-refractivity contribution is 0.00507. The summed E-state index contributed by atoms with van der Waals surface area (Å²) in [5.74, 6) is -1.96. The van der Waals surface area contributed by atoms with Crippen molar-refractivity contribution in [3.63, 3.8) is 0 Å². The van der Waals surface area contributed by atoms with Gasteiger partial charge in [-0.2, -0.15) is 14.6 Å². The number of aromatic nitrogens is 6. The van der Waals surface area contributed by atoms with Crippen molar-refractivity contribution in [3.8, 4) is 22.8 Å². The van der Waals surface area contributed by atoms with Crippen LogP contribution in [0.4, 0.5) is 14.5 Å². The normalized spacial score (nSPS) is 20.5. The van der Waals surface area contributed by atoms with Crippen LogP contribution in [0.2, 0.25) is 0 Å². The quantitative estimate of drug-likeness (QED) is 0.366. The molecule has 198 valence electrons. The summed E-state index contributed by atoms with van der Waals surface area (Å²) in [6.07, 6.45) is 9.68. The molecule has 2 aliphatic rings. The van der Waals surface area contributed by atoms with Crippen LogP contribution in [0.5, 0.6) is 0 Å². The van der Waals surface area contributed by atoms with Crippen LogP contribution in [-0.2, 0) is 4.74 Å². The summed E-state index contributed by atoms with van der Waals surface area (Å²) in [6.45, 7) is 3.39. The molecular formula is C25H26F2N8O3. The molecule has 0 aromatic carbocycles. The van der Waals surface area contributed by atoms with E-state index in [9.17, 15) is 13.6 Å². The average molecular weight is 525 g/mol. The monoisotopic (exact) mass is 524 g/mol. The van der Waals surface area contributed by atoms with Gasteiger partial charge in [-0.05, 0) is 37.8 Å². The van der Waals surface area contributed by atoms with Gasteiger partial charge in [-0.1, -0.05) is 0 Å². The van der Waals surface area contributed by atoms with Crippen molar-refractivity contribution in [1.82, 2.24) is 34.8 Å². The molecule has 0 bridgehead atoms. The molecule has 0 atom stereocenters. The van der Waals surface area contributed by atoms with Crippen LogP contribution in [0, 0.1) is 11.8 Å². The third-order valence-corrected chi connectivity index (χ3v) is 7.10. The Bertz CT molecular complexity index is 1410. The summed E-state index contributed by atoms with van der Waals surface area (Å²) in [5, 5.41) is 13.8. The van der Waals surface area contributed by atoms with E-state index in [0.29, 0.717) is 11.6 Å². The second kappa shape index (κ2) is 10.4. The van der Waals surface area contributed by atoms with Gasteiger partial charge in [0, 0.05) is 31.5 Å². The van der Waals surface area contributed by atoms with Gasteiger partial charge in [0.2, 0.25) is 11.8 Å². The van der Waals surface area contributed by atoms with Gasteiger partial charge < -0.3 is 14.5 Å². The van der Waals surface area contributed by atoms with Crippen LogP contribution < -0.4 is 5.32 Å². The number of anilines is 1. The highest BCUT2D eigenvalue weighted by Crippen LogP contribution is 2.35. The minimum absolute atomic E-state index is 0.0126. The van der Waals surface area contributed by atoms with E-state index in [0.717, 1.165) is 64.1 Å². The summed E-state index contributed by atoms with van der Waals surface area (Å²) < 4.78 is 41.3. The molecule has 1 saturated heterocycles. The number of oxazole rings is 1. The maximum Gasteiger partial charge on any atom is 0.277 e. The van der Waals surface area contributed by atoms with Crippen LogP contribution in [0.25, 0.3) is 22.8 Å². The number of aromatic amines is 1. The van der Waals surface area contributed by atoms with Gasteiger partial charge in [-0.25, -0.2) is 14.4 Å². The second-order valence-electron chi connectivity index (χ2n) is 9.43. The Labute approximate surface area is 216 Å². The van der Waals surface area contributed by atoms with E-state index < -0.39 is 17.7 Å². The minimum atomic E-state index is -0.847. The standard InChI is InChI=1S/C25H26F2N8O3/c26-18-5-6-21(27)32-22(18)23-19(30-24(36)20-14-38-25(31-20)15-11-28-29-12-15)13-35(33-23)17-3-1-16(2-4-17)34-7-9-37-10-8-34/h5-6,11-14,16-17H,1-4,7-10H2,(H,28,29)(H,30,36). The van der Waals surface area contributed by atoms with Gasteiger partial charge in [0.05, 0.1) is 36.7 Å². The summed E-state index contributed by atoms with van der Waals surface area (Å²) in [5.41, 5.74) is 0.564. The zero-order chi connectivity index (χ0) is 26.1. The Kier molecular flexibility index (Phi) is 6.68. The first kappa shape index (κ1) is 24.4. The van der Waals surface area contributed by atoms with Crippen molar-refractivity contribution in [3.05, 3.63) is 54.4 Å². The SMILES string of the molecule is O=C(Nc1cn(C2CCC(N3CCOCC3)CC2)nc1-c1nc(F)ccc1F)c1coc(-c2cn[nH]c2)n1. The Morgan fingerprint density at radius 1 is 1.05 bits per heavy atom. The fraction of sp³-hybridized carbons (Fsp3) is 0.400. The first-order valence-electron chi connectivity index (χ1n) is 12.5. The molecule has 0 unspecified atom stereocenters. The number of carbonyl (C=O) groups is 1. The number of rotatable bonds is 6. The smallest absolute Gasteiger partial charge is 0.277 e. The number of nitrogens with zero attached hydrogens (tertiary/aromatic N) is 6. The van der Waals surface area contributed by atoms with E-state index in [4.69, 9.17) is 9.15 Å². The first-order chi connectivity index (χ1) is 18.5. The molecule has 11 nitrogen and oxygen atoms in total. The molecule has 0 spiro atoms. The number of H-pyrrole nitrogens is 1. The van der Waals surface area contributed by atoms with Gasteiger partial charge in [-0.3, -0.25) is 19.5 Å². The van der Waals surface area contributed by atoms with Gasteiger partial charge >= 0.3 is 0 Å². The highest BCUT2D eigenvalue weighted by Gasteiger charge is 2.30. The number of hydrogen-bond donors (Lipinski definition) is 2. The van der Waals surface area contributed by atoms with E-state index in [-0.39, 0.29) is 34.7 Å². The van der Waals surface area contributed by atoms with E-state index in [2.05, 4.69) is 35.5 Å². The van der Waals surface area contributed by atoms with Crippen molar-refractivity contribution < 1.29 is 22.7 Å². The van der Waals surface area contributed by atoms with Crippen LogP contribution in [-0.4, -0.2) is 73.1 Å². The Hall–Kier alpha value is -3.97. The third-order valence-electron chi connectivity index (χ3n) is 7.10. The molecule has 2 fully saturated rings. The van der Waals surface area contributed by atoms with Gasteiger partial charge in [0.25, 0.3) is 5.91 Å². The summed E-state index contributed by atoms with van der Waals surface area (Å²) in [6, 6.07) is 2.47. The lowest BCUT2D eigenvalue weighted by Crippen LogP contribution is -2.45. The first-order valence-corrected chi connectivity index (χ1v) is 12.5. The lowest BCUT2D eigenvalue weighted by atomic mass is 9.90. The number of amides is 1. The largest absolute Gasteiger partial charge is 0.444 e. The van der Waals surface area contributed by atoms with Crippen LogP contribution in [0.3, 0.4) is 0 Å². The molecule has 1 amide bonds. The van der Waals surface area contributed by atoms with Crippen molar-refractivity contribution in [1.29, 1.82) is 0 Å². The highest BCUT2D eigenvalue weighted by atomic mass is 19.1. The number of nitrogens with one attached hydrogen (secondary N) is 2. The molecule has 4 aromatic rings. The highest BCUT2D eigenvalue weighted by molar-refractivity contribution is 6.04. The predicted octanol–water partition coefficient (Wildman–Crippen LogP) is 3.67. The topological polar surface area (TPSA) is 127 Å². The number of halogens is 2. The van der Waals surface area contributed by atoms with Crippen molar-refractivity contribution in [2.75, 3.05) is 31.6 Å². The maximum absolute atomic E-state index is 14.7. The Morgan fingerprint density at radius 2 is 1.84 bits per heavy atom. The molecule has 13 heteroatoms. The van der Waals surface area contributed by atoms with Gasteiger partial charge in [0.15, 0.2) is 11.5 Å². The van der Waals surface area contributed by atoms with E-state index in [1.807, 2.05) is 0 Å². The molecule has 1 aliphatic heterocycles. The molecule has 1 aliphatic carbocycles. The molecule has 4 aromatic heterocycles. The van der Waals surface area contributed by atoms with Crippen LogP contribution in [0.1, 0.15) is 42.2 Å². The number of pyridine rings is 1. The maximum atomic E-state index is 14.7. The zero-order valence-electron chi connectivity index (χ0n) is 20.4. The fourth-order valence-corrected chi connectivity index (χ4v) is 5.12. The molecule has 6 rings (SSSR count). The number of hydrogen-bond acceptors (Lipinski definition) is 8. The summed E-state index contributed by atoms with van der Waals surface area (Å²) in [4.78, 5) is 23.4. The molecular weight excluding hydrogens is 498 g/mol. The summed E-state index contributed by atoms with van der Waals surface area (Å²) in [7, 11) is 0. The van der Waals surface area contributed by atoms with E-state index >= 15 is 0 Å². The van der Waals surface area contributed by atoms with Crippen molar-refractivity contribution in [2.45, 2.75) is 37.8 Å². The minimum Gasteiger partial charge on any atom is -0.444 e. The number of ether oxygens (including phenoxy) is 1. The van der Waals surface area contributed by atoms with Crippen molar-refractivity contribution in [2.24, 2.45) is 0 Å². The van der Waals surface area contributed by atoms with Crippen LogP contribution >= 0.6 is 0 Å². The molecule has 2 N–H and O–H groups in total. The van der Waals surface area contributed by atoms with E-state index in [1.165, 1.54) is 12.5 Å². The Balaban J connectivity index is 1.25. The van der Waals surface area contributed by atoms with Crippen molar-refractivity contribution >= 4 is 11.6 Å². The predicted molar refractivity (Wildman–Crippen MR) is 131 cm³/mol. The average Bonchev–Trinajstić information content (AvgIpc) is 3.72. The second-order valence-corrected chi connectivity index (χ2v) is 9.43. The van der Waals surface area contributed by atoms with Crippen LogP contribution in [0.15, 0.2) is 41.4 Å². The zero-order valence-corrected chi connectivity index (χ0v) is 20.4. The molecule has 5 heterocycles. The number of morpholine rings is 1.